The normalized spacial score (nSPS) is 12.8. The number of carboxylic acids is 1. The molecule has 4 N–H and O–H groups in total. The maximum atomic E-state index is 12.2. The molecular weight excluding hydrogens is 268 g/mol. The minimum absolute atomic E-state index is 0.0651. The van der Waals surface area contributed by atoms with Gasteiger partial charge in [0.1, 0.15) is 0 Å². The molecule has 0 saturated heterocycles. The first-order chi connectivity index (χ1) is 9.58. The fraction of sp³-hybridized carbons (Fsp3) is 0.500. The van der Waals surface area contributed by atoms with E-state index in [1.54, 1.807) is 18.2 Å². The summed E-state index contributed by atoms with van der Waals surface area (Å²) in [6, 6.07) is 4.64. The van der Waals surface area contributed by atoms with Crippen LogP contribution in [0.25, 0.3) is 0 Å². The van der Waals surface area contributed by atoms with E-state index in [2.05, 4.69) is 5.32 Å². The number of nitrogen functional groups attached to an aromatic ring is 1. The molecule has 0 saturated carbocycles. The van der Waals surface area contributed by atoms with Crippen LogP contribution in [0, 0.1) is 12.3 Å². The third-order valence-electron chi connectivity index (χ3n) is 3.15. The van der Waals surface area contributed by atoms with Crippen molar-refractivity contribution in [1.82, 2.24) is 5.32 Å². The number of anilines is 1. The lowest BCUT2D eigenvalue weighted by Gasteiger charge is -2.26. The van der Waals surface area contributed by atoms with Crippen molar-refractivity contribution in [2.24, 2.45) is 5.41 Å². The van der Waals surface area contributed by atoms with Crippen molar-refractivity contribution < 1.29 is 14.7 Å². The van der Waals surface area contributed by atoms with Gasteiger partial charge in [0.15, 0.2) is 0 Å². The number of nitrogens with one attached hydrogen (secondary N) is 1. The van der Waals surface area contributed by atoms with Crippen molar-refractivity contribution >= 4 is 17.6 Å². The number of aliphatic carboxylic acids is 1. The molecule has 1 rings (SSSR count). The van der Waals surface area contributed by atoms with E-state index < -0.39 is 12.0 Å². The van der Waals surface area contributed by atoms with Gasteiger partial charge in [-0.1, -0.05) is 20.8 Å². The lowest BCUT2D eigenvalue weighted by atomic mass is 9.87. The fourth-order valence-corrected chi connectivity index (χ4v) is 2.21. The SMILES string of the molecule is Cc1cc(C(=O)NC(CC(=O)O)CC(C)(C)C)ccc1N. The Morgan fingerprint density at radius 1 is 1.33 bits per heavy atom. The lowest BCUT2D eigenvalue weighted by Crippen LogP contribution is -2.39. The highest BCUT2D eigenvalue weighted by molar-refractivity contribution is 5.95. The highest BCUT2D eigenvalue weighted by Crippen LogP contribution is 2.22. The molecule has 0 aliphatic rings. The first-order valence-electron chi connectivity index (χ1n) is 6.97. The molecule has 5 heteroatoms. The van der Waals surface area contributed by atoms with E-state index in [0.717, 1.165) is 5.56 Å². The summed E-state index contributed by atoms with van der Waals surface area (Å²) in [6.07, 6.45) is 0.510. The summed E-state index contributed by atoms with van der Waals surface area (Å²) in [5.41, 5.74) is 7.61. The van der Waals surface area contributed by atoms with Crippen LogP contribution in [-0.4, -0.2) is 23.0 Å². The number of aryl methyl sites for hydroxylation is 1. The van der Waals surface area contributed by atoms with E-state index in [1.165, 1.54) is 0 Å². The summed E-state index contributed by atoms with van der Waals surface area (Å²) in [7, 11) is 0. The number of carbonyl (C=O) groups excluding carboxylic acids is 1. The molecule has 1 aromatic rings. The predicted molar refractivity (Wildman–Crippen MR) is 83.2 cm³/mol. The molecular formula is C16H24N2O3. The van der Waals surface area contributed by atoms with Gasteiger partial charge in [0.05, 0.1) is 6.42 Å². The van der Waals surface area contributed by atoms with Crippen molar-refractivity contribution in [2.45, 2.75) is 46.6 Å². The summed E-state index contributed by atoms with van der Waals surface area (Å²) in [4.78, 5) is 23.2. The van der Waals surface area contributed by atoms with Crippen LogP contribution in [0.15, 0.2) is 18.2 Å². The number of benzene rings is 1. The van der Waals surface area contributed by atoms with Crippen molar-refractivity contribution in [3.8, 4) is 0 Å². The van der Waals surface area contributed by atoms with Gasteiger partial charge in [-0.3, -0.25) is 9.59 Å². The number of carbonyl (C=O) groups is 2. The topological polar surface area (TPSA) is 92.4 Å². The number of amides is 1. The fourth-order valence-electron chi connectivity index (χ4n) is 2.21. The monoisotopic (exact) mass is 292 g/mol. The average molecular weight is 292 g/mol. The van der Waals surface area contributed by atoms with Gasteiger partial charge in [-0.15, -0.1) is 0 Å². The first kappa shape index (κ1) is 17.0. The quantitative estimate of drug-likeness (QED) is 0.727. The van der Waals surface area contributed by atoms with E-state index in [0.29, 0.717) is 17.7 Å². The Bertz CT molecular complexity index is 533. The molecule has 0 aromatic heterocycles. The van der Waals surface area contributed by atoms with E-state index in [-0.39, 0.29) is 17.7 Å². The predicted octanol–water partition coefficient (Wildman–Crippen LogP) is 2.59. The Labute approximate surface area is 125 Å². The molecule has 0 aliphatic heterocycles. The second kappa shape index (κ2) is 6.61. The second-order valence-corrected chi connectivity index (χ2v) is 6.60. The Morgan fingerprint density at radius 3 is 2.43 bits per heavy atom. The molecule has 0 bridgehead atoms. The minimum Gasteiger partial charge on any atom is -0.481 e. The number of nitrogens with two attached hydrogens (primary N) is 1. The van der Waals surface area contributed by atoms with E-state index in [1.807, 2.05) is 27.7 Å². The molecule has 1 aromatic carbocycles. The van der Waals surface area contributed by atoms with Gasteiger partial charge >= 0.3 is 5.97 Å². The highest BCUT2D eigenvalue weighted by atomic mass is 16.4. The molecule has 0 radical (unpaired) electrons. The highest BCUT2D eigenvalue weighted by Gasteiger charge is 2.23. The van der Waals surface area contributed by atoms with Gasteiger partial charge in [0, 0.05) is 17.3 Å². The largest absolute Gasteiger partial charge is 0.481 e. The van der Waals surface area contributed by atoms with E-state index >= 15 is 0 Å². The van der Waals surface area contributed by atoms with Crippen LogP contribution >= 0.6 is 0 Å². The van der Waals surface area contributed by atoms with E-state index in [9.17, 15) is 9.59 Å². The zero-order valence-corrected chi connectivity index (χ0v) is 13.1. The summed E-state index contributed by atoms with van der Waals surface area (Å²) >= 11 is 0. The summed E-state index contributed by atoms with van der Waals surface area (Å²) < 4.78 is 0. The maximum Gasteiger partial charge on any atom is 0.305 e. The number of hydrogen-bond acceptors (Lipinski definition) is 3. The molecule has 0 spiro atoms. The molecule has 1 amide bonds. The van der Waals surface area contributed by atoms with Crippen LogP contribution in [0.4, 0.5) is 5.69 Å². The van der Waals surface area contributed by atoms with Gasteiger partial charge in [-0.25, -0.2) is 0 Å². The summed E-state index contributed by atoms with van der Waals surface area (Å²) in [6.45, 7) is 7.88. The van der Waals surface area contributed by atoms with Gasteiger partial charge in [0.25, 0.3) is 5.91 Å². The zero-order valence-electron chi connectivity index (χ0n) is 13.1. The van der Waals surface area contributed by atoms with Crippen LogP contribution in [0.3, 0.4) is 0 Å². The first-order valence-corrected chi connectivity index (χ1v) is 6.97. The molecule has 1 unspecified atom stereocenters. The summed E-state index contributed by atoms with van der Waals surface area (Å²) in [5, 5.41) is 11.8. The molecule has 0 aliphatic carbocycles. The average Bonchev–Trinajstić information content (AvgIpc) is 2.29. The maximum absolute atomic E-state index is 12.2. The zero-order chi connectivity index (χ0) is 16.2. The smallest absolute Gasteiger partial charge is 0.305 e. The molecule has 21 heavy (non-hydrogen) atoms. The van der Waals surface area contributed by atoms with Crippen LogP contribution in [-0.2, 0) is 4.79 Å². The summed E-state index contributed by atoms with van der Waals surface area (Å²) in [5.74, 6) is -1.19. The third-order valence-corrected chi connectivity index (χ3v) is 3.15. The number of rotatable bonds is 5. The van der Waals surface area contributed by atoms with Crippen LogP contribution in [0.5, 0.6) is 0 Å². The van der Waals surface area contributed by atoms with Gasteiger partial charge in [0.2, 0.25) is 0 Å². The second-order valence-electron chi connectivity index (χ2n) is 6.60. The van der Waals surface area contributed by atoms with Crippen molar-refractivity contribution in [3.63, 3.8) is 0 Å². The standard InChI is InChI=1S/C16H24N2O3/c1-10-7-11(5-6-13(10)17)15(21)18-12(8-14(19)20)9-16(2,3)4/h5-7,12H,8-9,17H2,1-4H3,(H,18,21)(H,19,20). The molecule has 5 nitrogen and oxygen atoms in total. The molecule has 0 fully saturated rings. The molecule has 0 heterocycles. The van der Waals surface area contributed by atoms with Crippen LogP contribution < -0.4 is 11.1 Å². The lowest BCUT2D eigenvalue weighted by molar-refractivity contribution is -0.137. The van der Waals surface area contributed by atoms with Gasteiger partial charge < -0.3 is 16.2 Å². The molecule has 1 atom stereocenters. The van der Waals surface area contributed by atoms with Crippen molar-refractivity contribution in [3.05, 3.63) is 29.3 Å². The van der Waals surface area contributed by atoms with Crippen LogP contribution in [0.2, 0.25) is 0 Å². The van der Waals surface area contributed by atoms with Gasteiger partial charge in [-0.2, -0.15) is 0 Å². The molecule has 116 valence electrons. The van der Waals surface area contributed by atoms with E-state index in [4.69, 9.17) is 10.8 Å². The van der Waals surface area contributed by atoms with Gasteiger partial charge in [-0.05, 0) is 42.5 Å². The van der Waals surface area contributed by atoms with Crippen LogP contribution in [0.1, 0.15) is 49.5 Å². The number of hydrogen-bond donors (Lipinski definition) is 3. The Kier molecular flexibility index (Phi) is 5.35. The Morgan fingerprint density at radius 2 is 1.95 bits per heavy atom. The third kappa shape index (κ3) is 5.85. The Hall–Kier alpha value is -2.04. The van der Waals surface area contributed by atoms with Crippen molar-refractivity contribution in [1.29, 1.82) is 0 Å². The Balaban J connectivity index is 2.83. The number of carboxylic acid groups (broad SMARTS) is 1. The minimum atomic E-state index is -0.918. The van der Waals surface area contributed by atoms with Crippen molar-refractivity contribution in [2.75, 3.05) is 5.73 Å².